The number of nitrogens with zero attached hydrogens (tertiary/aromatic N) is 3. The van der Waals surface area contributed by atoms with Gasteiger partial charge in [0.25, 0.3) is 0 Å². The Bertz CT molecular complexity index is 849. The number of carbonyl (C=O) groups is 3. The van der Waals surface area contributed by atoms with E-state index in [4.69, 9.17) is 5.73 Å². The van der Waals surface area contributed by atoms with Gasteiger partial charge >= 0.3 is 6.03 Å². The van der Waals surface area contributed by atoms with Crippen molar-refractivity contribution in [1.82, 2.24) is 20.0 Å². The highest BCUT2D eigenvalue weighted by Gasteiger charge is 2.35. The van der Waals surface area contributed by atoms with Crippen molar-refractivity contribution in [2.45, 2.75) is 37.8 Å². The van der Waals surface area contributed by atoms with Gasteiger partial charge in [-0.15, -0.1) is 0 Å². The fourth-order valence-corrected chi connectivity index (χ4v) is 3.66. The molecule has 0 radical (unpaired) electrons. The van der Waals surface area contributed by atoms with Gasteiger partial charge in [0.2, 0.25) is 5.91 Å². The second kappa shape index (κ2) is 8.69. The number of aryl methyl sites for hydroxylation is 1. The topological polar surface area (TPSA) is 110 Å². The van der Waals surface area contributed by atoms with Crippen molar-refractivity contribution in [3.8, 4) is 0 Å². The van der Waals surface area contributed by atoms with Crippen LogP contribution in [0.2, 0.25) is 0 Å². The zero-order valence-electron chi connectivity index (χ0n) is 15.9. The second-order valence-electron chi connectivity index (χ2n) is 7.11. The first-order valence-corrected chi connectivity index (χ1v) is 9.36. The number of carbonyl (C=O) groups excluding carboxylic acids is 3. The minimum atomic E-state index is -0.756. The molecule has 0 bridgehead atoms. The van der Waals surface area contributed by atoms with Crippen molar-refractivity contribution in [3.05, 3.63) is 53.9 Å². The Hall–Kier alpha value is -3.16. The van der Waals surface area contributed by atoms with Gasteiger partial charge in [0.1, 0.15) is 6.04 Å². The van der Waals surface area contributed by atoms with Crippen molar-refractivity contribution in [2.75, 3.05) is 6.54 Å². The number of ketones is 1. The smallest absolute Gasteiger partial charge is 0.312 e. The Kier molecular flexibility index (Phi) is 6.08. The molecule has 3 N–H and O–H groups in total. The van der Waals surface area contributed by atoms with E-state index in [0.717, 1.165) is 18.4 Å². The van der Waals surface area contributed by atoms with Gasteiger partial charge in [0.05, 0.1) is 11.8 Å². The van der Waals surface area contributed by atoms with Gasteiger partial charge in [-0.25, -0.2) is 4.79 Å². The third-order valence-corrected chi connectivity index (χ3v) is 5.01. The zero-order chi connectivity index (χ0) is 20.1. The van der Waals surface area contributed by atoms with E-state index in [-0.39, 0.29) is 24.2 Å². The number of urea groups is 1. The Balaban J connectivity index is 1.71. The van der Waals surface area contributed by atoms with E-state index in [2.05, 4.69) is 10.4 Å². The number of benzene rings is 1. The quantitative estimate of drug-likeness (QED) is 0.701. The number of rotatable bonds is 7. The van der Waals surface area contributed by atoms with Crippen LogP contribution in [0.15, 0.2) is 42.7 Å². The molecule has 3 rings (SSSR count). The van der Waals surface area contributed by atoms with Crippen molar-refractivity contribution in [1.29, 1.82) is 0 Å². The predicted molar refractivity (Wildman–Crippen MR) is 104 cm³/mol. The van der Waals surface area contributed by atoms with E-state index in [0.29, 0.717) is 18.5 Å². The van der Waals surface area contributed by atoms with Gasteiger partial charge in [-0.2, -0.15) is 5.10 Å². The monoisotopic (exact) mass is 383 g/mol. The molecule has 1 aliphatic heterocycles. The van der Waals surface area contributed by atoms with Crippen LogP contribution in [-0.2, 0) is 18.3 Å². The number of nitrogens with one attached hydrogen (secondary N) is 1. The normalized spacial score (nSPS) is 17.3. The van der Waals surface area contributed by atoms with Crippen LogP contribution in [0.1, 0.15) is 35.2 Å². The first kappa shape index (κ1) is 19.6. The molecule has 148 valence electrons. The molecule has 1 aliphatic rings. The maximum atomic E-state index is 13.1. The highest BCUT2D eigenvalue weighted by Crippen LogP contribution is 2.23. The van der Waals surface area contributed by atoms with E-state index in [1.165, 1.54) is 6.20 Å². The average Bonchev–Trinajstić information content (AvgIpc) is 3.30. The first-order valence-electron chi connectivity index (χ1n) is 9.36. The van der Waals surface area contributed by atoms with Crippen molar-refractivity contribution < 1.29 is 14.4 Å². The molecular weight excluding hydrogens is 358 g/mol. The molecule has 0 saturated carbocycles. The lowest BCUT2D eigenvalue weighted by Gasteiger charge is -2.29. The number of amides is 3. The molecule has 1 aromatic carbocycles. The molecule has 2 unspecified atom stereocenters. The fourth-order valence-electron chi connectivity index (χ4n) is 3.66. The number of hydrogen-bond donors (Lipinski definition) is 2. The lowest BCUT2D eigenvalue weighted by atomic mass is 10.0. The number of likely N-dealkylation sites (tertiary alicyclic amines) is 1. The molecule has 0 aliphatic carbocycles. The van der Waals surface area contributed by atoms with Crippen molar-refractivity contribution >= 4 is 17.7 Å². The number of nitrogens with two attached hydrogens (primary N) is 1. The van der Waals surface area contributed by atoms with Gasteiger partial charge < -0.3 is 16.0 Å². The third-order valence-electron chi connectivity index (χ3n) is 5.01. The SMILES string of the molecule is Cn1cc(C(=O)CC2CCCN2C(=O)C(Cc2ccccc2)NC(N)=O)cn1. The van der Waals surface area contributed by atoms with E-state index < -0.39 is 12.1 Å². The van der Waals surface area contributed by atoms with Gasteiger partial charge in [-0.1, -0.05) is 30.3 Å². The van der Waals surface area contributed by atoms with Crippen LogP contribution in [0.4, 0.5) is 4.79 Å². The van der Waals surface area contributed by atoms with E-state index in [1.54, 1.807) is 22.8 Å². The highest BCUT2D eigenvalue weighted by atomic mass is 16.2. The van der Waals surface area contributed by atoms with Gasteiger partial charge in [-0.05, 0) is 18.4 Å². The molecule has 0 spiro atoms. The van der Waals surface area contributed by atoms with Crippen LogP contribution >= 0.6 is 0 Å². The van der Waals surface area contributed by atoms with Gasteiger partial charge in [0, 0.05) is 38.7 Å². The summed E-state index contributed by atoms with van der Waals surface area (Å²) in [5.74, 6) is -0.246. The molecule has 1 aromatic heterocycles. The minimum Gasteiger partial charge on any atom is -0.352 e. The molecule has 28 heavy (non-hydrogen) atoms. The number of hydrogen-bond acceptors (Lipinski definition) is 4. The Morgan fingerprint density at radius 2 is 2.04 bits per heavy atom. The van der Waals surface area contributed by atoms with E-state index >= 15 is 0 Å². The summed E-state index contributed by atoms with van der Waals surface area (Å²) in [6.07, 6.45) is 5.39. The lowest BCUT2D eigenvalue weighted by Crippen LogP contribution is -2.52. The Morgan fingerprint density at radius 1 is 1.29 bits per heavy atom. The summed E-state index contributed by atoms with van der Waals surface area (Å²) in [5, 5.41) is 6.59. The summed E-state index contributed by atoms with van der Waals surface area (Å²) in [7, 11) is 1.76. The predicted octanol–water partition coefficient (Wildman–Crippen LogP) is 1.26. The van der Waals surface area contributed by atoms with E-state index in [1.807, 2.05) is 30.3 Å². The van der Waals surface area contributed by atoms with E-state index in [9.17, 15) is 14.4 Å². The summed E-state index contributed by atoms with van der Waals surface area (Å²) in [5.41, 5.74) is 6.76. The molecular formula is C20H25N5O3. The number of aromatic nitrogens is 2. The van der Waals surface area contributed by atoms with Crippen LogP contribution in [0.25, 0.3) is 0 Å². The van der Waals surface area contributed by atoms with Crippen molar-refractivity contribution in [2.24, 2.45) is 12.8 Å². The summed E-state index contributed by atoms with van der Waals surface area (Å²) >= 11 is 0. The lowest BCUT2D eigenvalue weighted by molar-refractivity contribution is -0.133. The Morgan fingerprint density at radius 3 is 2.68 bits per heavy atom. The largest absolute Gasteiger partial charge is 0.352 e. The van der Waals surface area contributed by atoms with Crippen LogP contribution in [0.5, 0.6) is 0 Å². The zero-order valence-corrected chi connectivity index (χ0v) is 15.9. The van der Waals surface area contributed by atoms with Crippen LogP contribution in [0, 0.1) is 0 Å². The highest BCUT2D eigenvalue weighted by molar-refractivity contribution is 5.96. The maximum absolute atomic E-state index is 13.1. The standard InChI is InChI=1S/C20H25N5O3/c1-24-13-15(12-22-24)18(26)11-16-8-5-9-25(16)19(27)17(23-20(21)28)10-14-6-3-2-4-7-14/h2-4,6-7,12-13,16-17H,5,8-11H2,1H3,(H3,21,23,28). The molecule has 2 heterocycles. The molecule has 1 saturated heterocycles. The molecule has 2 atom stereocenters. The number of primary amides is 1. The number of Topliss-reactive ketones (excluding diaryl/α,β-unsaturated/α-hetero) is 1. The second-order valence-corrected chi connectivity index (χ2v) is 7.11. The fraction of sp³-hybridized carbons (Fsp3) is 0.400. The Labute approximate surface area is 163 Å². The van der Waals surface area contributed by atoms with Crippen molar-refractivity contribution in [3.63, 3.8) is 0 Å². The summed E-state index contributed by atoms with van der Waals surface area (Å²) in [4.78, 5) is 38.8. The van der Waals surface area contributed by atoms with Crippen LogP contribution < -0.4 is 11.1 Å². The minimum absolute atomic E-state index is 0.0414. The van der Waals surface area contributed by atoms with Gasteiger partial charge in [0.15, 0.2) is 5.78 Å². The molecule has 8 heteroatoms. The summed E-state index contributed by atoms with van der Waals surface area (Å²) in [6, 6.07) is 7.77. The maximum Gasteiger partial charge on any atom is 0.312 e. The molecule has 1 fully saturated rings. The summed E-state index contributed by atoms with van der Waals surface area (Å²) in [6.45, 7) is 0.565. The molecule has 2 aromatic rings. The van der Waals surface area contributed by atoms with Gasteiger partial charge in [-0.3, -0.25) is 14.3 Å². The third kappa shape index (κ3) is 4.76. The molecule has 3 amide bonds. The van der Waals surface area contributed by atoms with Crippen LogP contribution in [-0.4, -0.2) is 51.0 Å². The first-order chi connectivity index (χ1) is 13.4. The molecule has 8 nitrogen and oxygen atoms in total. The van der Waals surface area contributed by atoms with Crippen LogP contribution in [0.3, 0.4) is 0 Å². The summed E-state index contributed by atoms with van der Waals surface area (Å²) < 4.78 is 1.58. The average molecular weight is 383 g/mol.